The largest absolute Gasteiger partial charge is 0.356 e. The van der Waals surface area contributed by atoms with Crippen molar-refractivity contribution in [2.75, 3.05) is 6.54 Å². The molecule has 0 aromatic heterocycles. The van der Waals surface area contributed by atoms with E-state index in [0.29, 0.717) is 6.42 Å². The van der Waals surface area contributed by atoms with Crippen LogP contribution in [0.5, 0.6) is 0 Å². The van der Waals surface area contributed by atoms with Crippen molar-refractivity contribution in [1.82, 2.24) is 5.32 Å². The summed E-state index contributed by atoms with van der Waals surface area (Å²) in [5.41, 5.74) is 0. The lowest BCUT2D eigenvalue weighted by Gasteiger charge is -1.99. The molecule has 0 fully saturated rings. The number of hydrogen-bond donors (Lipinski definition) is 1. The molecule has 0 saturated heterocycles. The molecule has 0 atom stereocenters. The van der Waals surface area contributed by atoms with E-state index >= 15 is 0 Å². The number of amides is 1. The van der Waals surface area contributed by atoms with Gasteiger partial charge in [-0.15, -0.1) is 0 Å². The van der Waals surface area contributed by atoms with E-state index in [1.807, 2.05) is 6.92 Å². The molecule has 3 heteroatoms. The van der Waals surface area contributed by atoms with Crippen LogP contribution in [-0.4, -0.2) is 12.5 Å². The second-order valence-corrected chi connectivity index (χ2v) is 2.06. The zero-order valence-corrected chi connectivity index (χ0v) is 7.74. The molecule has 0 unspecified atom stereocenters. The summed E-state index contributed by atoms with van der Waals surface area (Å²) in [5, 5.41) is 2.79. The summed E-state index contributed by atoms with van der Waals surface area (Å²) in [6.45, 7) is 4.81. The first kappa shape index (κ1) is 12.5. The number of carbonyl (C=O) groups is 1. The second kappa shape index (κ2) is 8.82. The van der Waals surface area contributed by atoms with E-state index in [2.05, 4.69) is 12.2 Å². The van der Waals surface area contributed by atoms with Gasteiger partial charge in [0, 0.05) is 13.0 Å². The zero-order chi connectivity index (χ0) is 7.11. The molecule has 0 aromatic carbocycles. The van der Waals surface area contributed by atoms with Crippen LogP contribution < -0.4 is 5.32 Å². The van der Waals surface area contributed by atoms with Gasteiger partial charge in [-0.2, -0.15) is 13.5 Å². The van der Waals surface area contributed by atoms with Crippen LogP contribution in [0.15, 0.2) is 0 Å². The average molecular weight is 163 g/mol. The van der Waals surface area contributed by atoms with Crippen LogP contribution in [-0.2, 0) is 4.79 Å². The molecular weight excluding hydrogens is 146 g/mol. The molecule has 1 amide bonds. The fourth-order valence-electron chi connectivity index (χ4n) is 0.530. The van der Waals surface area contributed by atoms with E-state index in [0.717, 1.165) is 19.4 Å². The first-order valence-corrected chi connectivity index (χ1v) is 3.58. The summed E-state index contributed by atoms with van der Waals surface area (Å²) in [5.74, 6) is 0.156. The van der Waals surface area contributed by atoms with Gasteiger partial charge in [0.05, 0.1) is 0 Å². The molecule has 0 aliphatic heterocycles. The molecule has 0 bridgehead atoms. The van der Waals surface area contributed by atoms with Gasteiger partial charge in [0.1, 0.15) is 0 Å². The highest BCUT2D eigenvalue weighted by molar-refractivity contribution is 7.59. The molecule has 0 aliphatic carbocycles. The van der Waals surface area contributed by atoms with Crippen molar-refractivity contribution in [3.8, 4) is 0 Å². The van der Waals surface area contributed by atoms with Crippen molar-refractivity contribution in [2.45, 2.75) is 33.1 Å². The summed E-state index contributed by atoms with van der Waals surface area (Å²) in [6, 6.07) is 0. The summed E-state index contributed by atoms with van der Waals surface area (Å²) in [6.07, 6.45) is 2.83. The molecule has 0 radical (unpaired) electrons. The Balaban J connectivity index is 0. The van der Waals surface area contributed by atoms with Gasteiger partial charge in [-0.3, -0.25) is 4.79 Å². The minimum atomic E-state index is 0. The fraction of sp³-hybridized carbons (Fsp3) is 0.857. The maximum atomic E-state index is 10.6. The van der Waals surface area contributed by atoms with E-state index in [4.69, 9.17) is 0 Å². The van der Waals surface area contributed by atoms with Crippen LogP contribution in [0.4, 0.5) is 0 Å². The Kier molecular flexibility index (Phi) is 11.0. The Morgan fingerprint density at radius 3 is 2.40 bits per heavy atom. The minimum absolute atomic E-state index is 0. The predicted octanol–water partition coefficient (Wildman–Crippen LogP) is 1.43. The van der Waals surface area contributed by atoms with Gasteiger partial charge in [-0.1, -0.05) is 20.3 Å². The molecule has 0 spiro atoms. The predicted molar refractivity (Wildman–Crippen MR) is 48.6 cm³/mol. The highest BCUT2D eigenvalue weighted by Gasteiger charge is 1.91. The molecular formula is C7H17NOS. The van der Waals surface area contributed by atoms with Gasteiger partial charge >= 0.3 is 0 Å². The van der Waals surface area contributed by atoms with E-state index in [-0.39, 0.29) is 19.4 Å². The van der Waals surface area contributed by atoms with E-state index in [9.17, 15) is 4.79 Å². The molecule has 2 nitrogen and oxygen atoms in total. The lowest BCUT2D eigenvalue weighted by Crippen LogP contribution is -2.22. The first-order valence-electron chi connectivity index (χ1n) is 3.58. The molecule has 10 heavy (non-hydrogen) atoms. The van der Waals surface area contributed by atoms with Crippen LogP contribution >= 0.6 is 13.5 Å². The smallest absolute Gasteiger partial charge is 0.219 e. The normalized spacial score (nSPS) is 8.20. The highest BCUT2D eigenvalue weighted by Crippen LogP contribution is 1.83. The summed E-state index contributed by atoms with van der Waals surface area (Å²) >= 11 is 0. The Morgan fingerprint density at radius 1 is 1.40 bits per heavy atom. The standard InChI is InChI=1S/C7H15NO.H2S/c1-3-5-6-8-7(9)4-2;/h3-6H2,1-2H3,(H,8,9);1H2. The van der Waals surface area contributed by atoms with Gasteiger partial charge in [0.15, 0.2) is 0 Å². The third-order valence-electron chi connectivity index (χ3n) is 1.17. The van der Waals surface area contributed by atoms with Crippen LogP contribution in [0, 0.1) is 0 Å². The number of unbranched alkanes of at least 4 members (excludes halogenated alkanes) is 1. The third kappa shape index (κ3) is 7.82. The highest BCUT2D eigenvalue weighted by atomic mass is 32.1. The fourth-order valence-corrected chi connectivity index (χ4v) is 0.530. The summed E-state index contributed by atoms with van der Waals surface area (Å²) in [4.78, 5) is 10.6. The van der Waals surface area contributed by atoms with Gasteiger partial charge in [0.2, 0.25) is 5.91 Å². The van der Waals surface area contributed by atoms with Gasteiger partial charge in [-0.05, 0) is 6.42 Å². The zero-order valence-electron chi connectivity index (χ0n) is 6.74. The van der Waals surface area contributed by atoms with E-state index in [1.165, 1.54) is 0 Å². The molecule has 62 valence electrons. The number of carbonyl (C=O) groups excluding carboxylic acids is 1. The van der Waals surface area contributed by atoms with Crippen LogP contribution in [0.2, 0.25) is 0 Å². The Morgan fingerprint density at radius 2 is 2.00 bits per heavy atom. The summed E-state index contributed by atoms with van der Waals surface area (Å²) in [7, 11) is 0. The Labute approximate surface area is 69.8 Å². The molecule has 0 aliphatic rings. The second-order valence-electron chi connectivity index (χ2n) is 2.06. The van der Waals surface area contributed by atoms with Crippen molar-refractivity contribution < 1.29 is 4.79 Å². The maximum absolute atomic E-state index is 10.6. The molecule has 0 heterocycles. The van der Waals surface area contributed by atoms with Crippen molar-refractivity contribution in [3.05, 3.63) is 0 Å². The van der Waals surface area contributed by atoms with Crippen LogP contribution in [0.1, 0.15) is 33.1 Å². The van der Waals surface area contributed by atoms with Crippen LogP contribution in [0.25, 0.3) is 0 Å². The SMILES string of the molecule is CCCCNC(=O)CC.S. The van der Waals surface area contributed by atoms with Crippen LogP contribution in [0.3, 0.4) is 0 Å². The molecule has 0 saturated carbocycles. The number of rotatable bonds is 4. The number of hydrogen-bond acceptors (Lipinski definition) is 1. The molecule has 0 aromatic rings. The lowest BCUT2D eigenvalue weighted by atomic mass is 10.3. The average Bonchev–Trinajstić information content (AvgIpc) is 1.89. The van der Waals surface area contributed by atoms with Gasteiger partial charge < -0.3 is 5.32 Å². The van der Waals surface area contributed by atoms with Crippen molar-refractivity contribution in [3.63, 3.8) is 0 Å². The van der Waals surface area contributed by atoms with Crippen molar-refractivity contribution >= 4 is 19.4 Å². The quantitative estimate of drug-likeness (QED) is 0.624. The Hall–Kier alpha value is -0.180. The van der Waals surface area contributed by atoms with Gasteiger partial charge in [-0.25, -0.2) is 0 Å². The molecule has 0 rings (SSSR count). The topological polar surface area (TPSA) is 29.1 Å². The van der Waals surface area contributed by atoms with Crippen molar-refractivity contribution in [2.24, 2.45) is 0 Å². The van der Waals surface area contributed by atoms with Gasteiger partial charge in [0.25, 0.3) is 0 Å². The van der Waals surface area contributed by atoms with E-state index < -0.39 is 0 Å². The maximum Gasteiger partial charge on any atom is 0.219 e. The summed E-state index contributed by atoms with van der Waals surface area (Å²) < 4.78 is 0. The number of nitrogens with one attached hydrogen (secondary N) is 1. The third-order valence-corrected chi connectivity index (χ3v) is 1.17. The lowest BCUT2D eigenvalue weighted by molar-refractivity contribution is -0.120. The Bertz CT molecular complexity index is 85.7. The minimum Gasteiger partial charge on any atom is -0.356 e. The first-order chi connectivity index (χ1) is 4.31. The monoisotopic (exact) mass is 163 g/mol. The van der Waals surface area contributed by atoms with E-state index in [1.54, 1.807) is 0 Å². The molecule has 1 N–H and O–H groups in total. The van der Waals surface area contributed by atoms with Crippen molar-refractivity contribution in [1.29, 1.82) is 0 Å².